The predicted molar refractivity (Wildman–Crippen MR) is 69.0 cm³/mol. The Hall–Kier alpha value is -0.610. The summed E-state index contributed by atoms with van der Waals surface area (Å²) in [4.78, 5) is 13.6. The van der Waals surface area contributed by atoms with Crippen molar-refractivity contribution in [1.82, 2.24) is 10.2 Å². The third kappa shape index (κ3) is 5.50. The molecule has 1 N–H and O–H groups in total. The molecule has 17 heavy (non-hydrogen) atoms. The Morgan fingerprint density at radius 2 is 2.18 bits per heavy atom. The van der Waals surface area contributed by atoms with E-state index in [0.29, 0.717) is 12.3 Å². The number of nitrogens with zero attached hydrogens (tertiary/aromatic N) is 1. The Labute approximate surface area is 105 Å². The Morgan fingerprint density at radius 3 is 2.76 bits per heavy atom. The molecule has 1 unspecified atom stereocenters. The van der Waals surface area contributed by atoms with E-state index >= 15 is 0 Å². The van der Waals surface area contributed by atoms with Crippen LogP contribution in [0.4, 0.5) is 0 Å². The molecular formula is C13H26N2O2. The molecule has 0 aromatic carbocycles. The summed E-state index contributed by atoms with van der Waals surface area (Å²) in [6.07, 6.45) is 3.02. The van der Waals surface area contributed by atoms with Crippen molar-refractivity contribution < 1.29 is 9.53 Å². The number of ether oxygens (including phenoxy) is 1. The van der Waals surface area contributed by atoms with Crippen LogP contribution in [0.1, 0.15) is 33.1 Å². The molecule has 1 aliphatic rings. The average Bonchev–Trinajstić information content (AvgIpc) is 2.37. The van der Waals surface area contributed by atoms with E-state index in [1.54, 1.807) is 0 Å². The highest BCUT2D eigenvalue weighted by atomic mass is 16.5. The molecule has 100 valence electrons. The number of rotatable bonds is 7. The van der Waals surface area contributed by atoms with Crippen molar-refractivity contribution in [2.45, 2.75) is 33.1 Å². The van der Waals surface area contributed by atoms with Gasteiger partial charge in [0.05, 0.1) is 6.61 Å². The zero-order valence-electron chi connectivity index (χ0n) is 11.2. The van der Waals surface area contributed by atoms with Crippen LogP contribution in [-0.4, -0.2) is 50.2 Å². The van der Waals surface area contributed by atoms with Gasteiger partial charge in [0.1, 0.15) is 0 Å². The maximum atomic E-state index is 11.7. The minimum absolute atomic E-state index is 0.252. The fraction of sp³-hybridized carbons (Fsp3) is 0.923. The van der Waals surface area contributed by atoms with Crippen molar-refractivity contribution in [1.29, 1.82) is 0 Å². The topological polar surface area (TPSA) is 41.6 Å². The molecule has 0 saturated carbocycles. The summed E-state index contributed by atoms with van der Waals surface area (Å²) >= 11 is 0. The quantitative estimate of drug-likeness (QED) is 0.683. The lowest BCUT2D eigenvalue weighted by Gasteiger charge is -2.23. The molecule has 0 bridgehead atoms. The molecule has 1 atom stereocenters. The summed E-state index contributed by atoms with van der Waals surface area (Å²) in [5, 5.41) is 3.36. The molecule has 0 spiro atoms. The second-order valence-corrected chi connectivity index (χ2v) is 4.60. The first-order valence-electron chi connectivity index (χ1n) is 6.84. The fourth-order valence-electron chi connectivity index (χ4n) is 2.20. The molecule has 1 heterocycles. The second kappa shape index (κ2) is 8.48. The molecule has 0 aromatic rings. The summed E-state index contributed by atoms with van der Waals surface area (Å²) in [6.45, 7) is 9.21. The summed E-state index contributed by atoms with van der Waals surface area (Å²) in [6, 6.07) is 0. The summed E-state index contributed by atoms with van der Waals surface area (Å²) in [5.74, 6) is 0.884. The van der Waals surface area contributed by atoms with Gasteiger partial charge >= 0.3 is 0 Å². The predicted octanol–water partition coefficient (Wildman–Crippen LogP) is 1.26. The number of nitrogens with one attached hydrogen (secondary N) is 1. The van der Waals surface area contributed by atoms with Gasteiger partial charge in [0, 0.05) is 39.2 Å². The van der Waals surface area contributed by atoms with E-state index in [-0.39, 0.29) is 5.91 Å². The highest BCUT2D eigenvalue weighted by Gasteiger charge is 2.13. The second-order valence-electron chi connectivity index (χ2n) is 4.60. The maximum Gasteiger partial charge on any atom is 0.223 e. The zero-order valence-corrected chi connectivity index (χ0v) is 11.2. The van der Waals surface area contributed by atoms with Crippen molar-refractivity contribution in [3.8, 4) is 0 Å². The minimum Gasteiger partial charge on any atom is -0.381 e. The number of carbonyl (C=O) groups is 1. The first-order chi connectivity index (χ1) is 8.27. The van der Waals surface area contributed by atoms with Crippen molar-refractivity contribution in [2.24, 2.45) is 5.92 Å². The van der Waals surface area contributed by atoms with E-state index in [0.717, 1.165) is 39.4 Å². The van der Waals surface area contributed by atoms with Gasteiger partial charge in [0.25, 0.3) is 0 Å². The minimum atomic E-state index is 0.252. The monoisotopic (exact) mass is 242 g/mol. The van der Waals surface area contributed by atoms with Crippen LogP contribution in [0.15, 0.2) is 0 Å². The lowest BCUT2D eigenvalue weighted by Crippen LogP contribution is -2.35. The Bertz CT molecular complexity index is 211. The van der Waals surface area contributed by atoms with Gasteiger partial charge in [-0.2, -0.15) is 0 Å². The Morgan fingerprint density at radius 1 is 1.41 bits per heavy atom. The van der Waals surface area contributed by atoms with Gasteiger partial charge in [-0.1, -0.05) is 0 Å². The van der Waals surface area contributed by atoms with Gasteiger partial charge in [0.15, 0.2) is 0 Å². The molecule has 1 rings (SSSR count). The van der Waals surface area contributed by atoms with Gasteiger partial charge < -0.3 is 15.0 Å². The first kappa shape index (κ1) is 14.5. The lowest BCUT2D eigenvalue weighted by atomic mass is 10.0. The summed E-state index contributed by atoms with van der Waals surface area (Å²) < 4.78 is 5.42. The van der Waals surface area contributed by atoms with E-state index in [9.17, 15) is 4.79 Å². The lowest BCUT2D eigenvalue weighted by molar-refractivity contribution is -0.130. The largest absolute Gasteiger partial charge is 0.381 e. The van der Waals surface area contributed by atoms with Crippen LogP contribution in [-0.2, 0) is 9.53 Å². The molecule has 1 amide bonds. The van der Waals surface area contributed by atoms with E-state index in [4.69, 9.17) is 4.74 Å². The van der Waals surface area contributed by atoms with E-state index in [1.807, 2.05) is 18.7 Å². The molecule has 0 radical (unpaired) electrons. The third-order valence-corrected chi connectivity index (χ3v) is 3.32. The smallest absolute Gasteiger partial charge is 0.223 e. The van der Waals surface area contributed by atoms with Crippen LogP contribution in [0.3, 0.4) is 0 Å². The van der Waals surface area contributed by atoms with Crippen molar-refractivity contribution in [3.63, 3.8) is 0 Å². The van der Waals surface area contributed by atoms with Crippen LogP contribution in [0, 0.1) is 5.92 Å². The van der Waals surface area contributed by atoms with Gasteiger partial charge in [-0.25, -0.2) is 0 Å². The van der Waals surface area contributed by atoms with E-state index in [2.05, 4.69) is 5.32 Å². The maximum absolute atomic E-state index is 11.7. The highest BCUT2D eigenvalue weighted by Crippen LogP contribution is 2.11. The number of amides is 1. The fourth-order valence-corrected chi connectivity index (χ4v) is 2.20. The highest BCUT2D eigenvalue weighted by molar-refractivity contribution is 5.76. The standard InChI is InChI=1S/C13H26N2O2/c1-3-15(4-2)13(16)7-8-14-10-12-6-5-9-17-11-12/h12,14H,3-11H2,1-2H3. The molecule has 0 aromatic heterocycles. The van der Waals surface area contributed by atoms with Gasteiger partial charge in [-0.15, -0.1) is 0 Å². The van der Waals surface area contributed by atoms with Crippen LogP contribution in [0.2, 0.25) is 0 Å². The van der Waals surface area contributed by atoms with Crippen LogP contribution in [0.25, 0.3) is 0 Å². The Kier molecular flexibility index (Phi) is 7.21. The van der Waals surface area contributed by atoms with Gasteiger partial charge in [-0.3, -0.25) is 4.79 Å². The number of hydrogen-bond acceptors (Lipinski definition) is 3. The van der Waals surface area contributed by atoms with E-state index in [1.165, 1.54) is 12.8 Å². The van der Waals surface area contributed by atoms with Gasteiger partial charge in [-0.05, 0) is 32.6 Å². The molecule has 1 aliphatic heterocycles. The molecule has 4 nitrogen and oxygen atoms in total. The molecular weight excluding hydrogens is 216 g/mol. The van der Waals surface area contributed by atoms with Crippen LogP contribution in [0.5, 0.6) is 0 Å². The number of hydrogen-bond donors (Lipinski definition) is 1. The number of carbonyl (C=O) groups excluding carboxylic acids is 1. The normalized spacial score (nSPS) is 20.2. The van der Waals surface area contributed by atoms with Crippen LogP contribution >= 0.6 is 0 Å². The third-order valence-electron chi connectivity index (χ3n) is 3.32. The molecule has 1 fully saturated rings. The van der Waals surface area contributed by atoms with Crippen molar-refractivity contribution in [3.05, 3.63) is 0 Å². The molecule has 0 aliphatic carbocycles. The zero-order chi connectivity index (χ0) is 12.5. The molecule has 1 saturated heterocycles. The summed E-state index contributed by atoms with van der Waals surface area (Å²) in [5.41, 5.74) is 0. The van der Waals surface area contributed by atoms with E-state index < -0.39 is 0 Å². The SMILES string of the molecule is CCN(CC)C(=O)CCNCC1CCCOC1. The summed E-state index contributed by atoms with van der Waals surface area (Å²) in [7, 11) is 0. The first-order valence-corrected chi connectivity index (χ1v) is 6.84. The van der Waals surface area contributed by atoms with Crippen molar-refractivity contribution >= 4 is 5.91 Å². The van der Waals surface area contributed by atoms with Crippen LogP contribution < -0.4 is 5.32 Å². The van der Waals surface area contributed by atoms with Gasteiger partial charge in [0.2, 0.25) is 5.91 Å². The van der Waals surface area contributed by atoms with Crippen molar-refractivity contribution in [2.75, 3.05) is 39.4 Å². The Balaban J connectivity index is 2.04. The average molecular weight is 242 g/mol. The molecule has 4 heteroatoms.